The molecule has 1 aliphatic rings. The molecule has 4 rings (SSSR count). The van der Waals surface area contributed by atoms with E-state index < -0.39 is 0 Å². The Morgan fingerprint density at radius 1 is 0.739 bits per heavy atom. The van der Waals surface area contributed by atoms with Gasteiger partial charge in [0.15, 0.2) is 0 Å². The molecular weight excluding hydrogens is 320 g/mol. The van der Waals surface area contributed by atoms with Gasteiger partial charge in [0.2, 0.25) is 0 Å². The molecule has 0 spiro atoms. The minimum absolute atomic E-state index is 0.814. The lowest BCUT2D eigenvalue weighted by Crippen LogP contribution is -1.99. The van der Waals surface area contributed by atoms with Crippen molar-refractivity contribution in [2.24, 2.45) is 0 Å². The molecule has 4 heteroatoms. The van der Waals surface area contributed by atoms with Crippen molar-refractivity contribution < 1.29 is 0 Å². The van der Waals surface area contributed by atoms with Gasteiger partial charge >= 0.3 is 0 Å². The maximum Gasteiger partial charge on any atom is 0.0576 e. The van der Waals surface area contributed by atoms with E-state index >= 15 is 0 Å². The number of para-hydroxylation sites is 1. The average molecular weight is 336 g/mol. The van der Waals surface area contributed by atoms with Crippen LogP contribution in [-0.4, -0.2) is 0 Å². The van der Waals surface area contributed by atoms with Gasteiger partial charge in [-0.15, -0.1) is 0 Å². The first-order chi connectivity index (χ1) is 11.2. The van der Waals surface area contributed by atoms with E-state index in [4.69, 9.17) is 5.73 Å². The molecule has 1 heterocycles. The third-order valence-corrected chi connectivity index (χ3v) is 6.32. The second-order valence-corrected chi connectivity index (χ2v) is 7.59. The van der Waals surface area contributed by atoms with Crippen LogP contribution in [0, 0.1) is 6.92 Å². The lowest BCUT2D eigenvalue weighted by Gasteiger charge is -2.16. The number of anilines is 3. The van der Waals surface area contributed by atoms with Crippen LogP contribution in [0.25, 0.3) is 0 Å². The van der Waals surface area contributed by atoms with Crippen LogP contribution in [0.4, 0.5) is 17.1 Å². The Bertz CT molecular complexity index is 884. The molecule has 0 aliphatic carbocycles. The largest absolute Gasteiger partial charge is 0.398 e. The highest BCUT2D eigenvalue weighted by Gasteiger charge is 2.17. The zero-order valence-corrected chi connectivity index (χ0v) is 14.3. The highest BCUT2D eigenvalue weighted by Crippen LogP contribution is 2.47. The van der Waals surface area contributed by atoms with Crippen molar-refractivity contribution in [2.45, 2.75) is 26.5 Å². The molecule has 3 N–H and O–H groups in total. The Kier molecular flexibility index (Phi) is 3.71. The molecule has 0 saturated carbocycles. The van der Waals surface area contributed by atoms with Gasteiger partial charge in [0.1, 0.15) is 0 Å². The average Bonchev–Trinajstić information content (AvgIpc) is 2.63. The molecule has 0 bridgehead atoms. The number of fused-ring (bicyclic) bond motifs is 3. The standard InChI is InChI=1S/C19H16N2S2/c1-12-13(20)10-11-18-19(12)21-14-6-2-3-7-15(14)22-16-8-4-5-9-17(16)23-18/h2-11,21H,20H2,1H3. The molecule has 3 aromatic rings. The first-order valence-electron chi connectivity index (χ1n) is 7.42. The van der Waals surface area contributed by atoms with Gasteiger partial charge in [0.25, 0.3) is 0 Å². The molecule has 1 aliphatic heterocycles. The highest BCUT2D eigenvalue weighted by atomic mass is 32.2. The van der Waals surface area contributed by atoms with Crippen molar-refractivity contribution in [3.8, 4) is 0 Å². The van der Waals surface area contributed by atoms with Crippen molar-refractivity contribution in [1.82, 2.24) is 0 Å². The second-order valence-electron chi connectivity index (χ2n) is 5.42. The Morgan fingerprint density at radius 2 is 1.35 bits per heavy atom. The van der Waals surface area contributed by atoms with Gasteiger partial charge in [-0.3, -0.25) is 0 Å². The van der Waals surface area contributed by atoms with Crippen LogP contribution in [0.1, 0.15) is 5.56 Å². The van der Waals surface area contributed by atoms with Crippen LogP contribution in [0.3, 0.4) is 0 Å². The molecule has 0 radical (unpaired) electrons. The summed E-state index contributed by atoms with van der Waals surface area (Å²) >= 11 is 3.58. The molecule has 2 nitrogen and oxygen atoms in total. The summed E-state index contributed by atoms with van der Waals surface area (Å²) in [7, 11) is 0. The number of hydrogen-bond donors (Lipinski definition) is 2. The monoisotopic (exact) mass is 336 g/mol. The van der Waals surface area contributed by atoms with Crippen molar-refractivity contribution in [2.75, 3.05) is 11.1 Å². The van der Waals surface area contributed by atoms with E-state index in [9.17, 15) is 0 Å². The van der Waals surface area contributed by atoms with Gasteiger partial charge < -0.3 is 11.1 Å². The Hall–Kier alpha value is -2.04. The summed E-state index contributed by atoms with van der Waals surface area (Å²) < 4.78 is 0. The van der Waals surface area contributed by atoms with Gasteiger partial charge in [-0.05, 0) is 48.9 Å². The Labute approximate surface area is 144 Å². The molecule has 0 amide bonds. The molecule has 0 fully saturated rings. The fraction of sp³-hybridized carbons (Fsp3) is 0.0526. The number of hydrogen-bond acceptors (Lipinski definition) is 4. The molecule has 23 heavy (non-hydrogen) atoms. The first-order valence-corrected chi connectivity index (χ1v) is 9.05. The van der Waals surface area contributed by atoms with Gasteiger partial charge in [0.05, 0.1) is 11.4 Å². The van der Waals surface area contributed by atoms with Crippen LogP contribution in [0.2, 0.25) is 0 Å². The molecule has 114 valence electrons. The summed E-state index contributed by atoms with van der Waals surface area (Å²) in [6, 6.07) is 21.0. The van der Waals surface area contributed by atoms with E-state index in [0.717, 1.165) is 22.6 Å². The van der Waals surface area contributed by atoms with Crippen LogP contribution < -0.4 is 11.1 Å². The number of nitrogen functional groups attached to an aromatic ring is 1. The fourth-order valence-electron chi connectivity index (χ4n) is 2.59. The summed E-state index contributed by atoms with van der Waals surface area (Å²) in [6.45, 7) is 2.07. The number of nitrogens with two attached hydrogens (primary N) is 1. The van der Waals surface area contributed by atoms with Crippen LogP contribution >= 0.6 is 23.5 Å². The predicted octanol–water partition coefficient (Wildman–Crippen LogP) is 5.94. The number of nitrogens with one attached hydrogen (secondary N) is 1. The normalized spacial score (nSPS) is 12.7. The van der Waals surface area contributed by atoms with Crippen molar-refractivity contribution in [3.63, 3.8) is 0 Å². The molecule has 3 aromatic carbocycles. The lowest BCUT2D eigenvalue weighted by atomic mass is 10.1. The quantitative estimate of drug-likeness (QED) is 0.390. The smallest absolute Gasteiger partial charge is 0.0576 e. The second kappa shape index (κ2) is 5.87. The lowest BCUT2D eigenvalue weighted by molar-refractivity contribution is 1.24. The molecule has 0 saturated heterocycles. The van der Waals surface area contributed by atoms with E-state index in [2.05, 4.69) is 66.8 Å². The van der Waals surface area contributed by atoms with Crippen LogP contribution in [-0.2, 0) is 0 Å². The van der Waals surface area contributed by atoms with E-state index in [-0.39, 0.29) is 0 Å². The number of benzene rings is 3. The van der Waals surface area contributed by atoms with Gasteiger partial charge in [-0.25, -0.2) is 0 Å². The van der Waals surface area contributed by atoms with Crippen LogP contribution in [0.15, 0.2) is 80.2 Å². The third kappa shape index (κ3) is 2.69. The maximum atomic E-state index is 6.13. The molecular formula is C19H16N2S2. The molecule has 0 aromatic heterocycles. The first kappa shape index (κ1) is 14.5. The van der Waals surface area contributed by atoms with E-state index in [0.29, 0.717) is 0 Å². The minimum atomic E-state index is 0.814. The maximum absolute atomic E-state index is 6.13. The zero-order valence-electron chi connectivity index (χ0n) is 12.7. The Morgan fingerprint density at radius 3 is 2.09 bits per heavy atom. The summed E-state index contributed by atoms with van der Waals surface area (Å²) in [4.78, 5) is 4.95. The van der Waals surface area contributed by atoms with Crippen molar-refractivity contribution in [3.05, 3.63) is 66.2 Å². The van der Waals surface area contributed by atoms with Crippen LogP contribution in [0.5, 0.6) is 0 Å². The third-order valence-electron chi connectivity index (χ3n) is 3.90. The number of rotatable bonds is 0. The zero-order chi connectivity index (χ0) is 15.8. The van der Waals surface area contributed by atoms with E-state index in [1.807, 2.05) is 6.07 Å². The summed E-state index contributed by atoms with van der Waals surface area (Å²) in [5.41, 5.74) is 10.3. The van der Waals surface area contributed by atoms with Crippen molar-refractivity contribution >= 4 is 40.6 Å². The van der Waals surface area contributed by atoms with E-state index in [1.54, 1.807) is 23.5 Å². The van der Waals surface area contributed by atoms with E-state index in [1.165, 1.54) is 19.6 Å². The van der Waals surface area contributed by atoms with Gasteiger partial charge in [-0.1, -0.05) is 47.8 Å². The van der Waals surface area contributed by atoms with Gasteiger partial charge in [-0.2, -0.15) is 0 Å². The Balaban J connectivity index is 1.98. The fourth-order valence-corrected chi connectivity index (χ4v) is 4.76. The minimum Gasteiger partial charge on any atom is -0.398 e. The molecule has 0 atom stereocenters. The summed E-state index contributed by atoms with van der Waals surface area (Å²) in [5, 5.41) is 3.61. The van der Waals surface area contributed by atoms with Gasteiger partial charge in [0, 0.05) is 25.3 Å². The highest BCUT2D eigenvalue weighted by molar-refractivity contribution is 8.02. The molecule has 0 unspecified atom stereocenters. The summed E-state index contributed by atoms with van der Waals surface area (Å²) in [6.07, 6.45) is 0. The van der Waals surface area contributed by atoms with Crippen molar-refractivity contribution in [1.29, 1.82) is 0 Å². The summed E-state index contributed by atoms with van der Waals surface area (Å²) in [5.74, 6) is 0. The predicted molar refractivity (Wildman–Crippen MR) is 100 cm³/mol. The SMILES string of the molecule is Cc1c(N)ccc2c1Nc1ccccc1Sc1ccccc1S2. The topological polar surface area (TPSA) is 38.0 Å².